The van der Waals surface area contributed by atoms with Gasteiger partial charge < -0.3 is 9.47 Å². The summed E-state index contributed by atoms with van der Waals surface area (Å²) < 4.78 is 33.4. The topological polar surface area (TPSA) is 91.6 Å². The van der Waals surface area contributed by atoms with Gasteiger partial charge in [-0.25, -0.2) is 9.78 Å². The lowest BCUT2D eigenvalue weighted by atomic mass is 10.1. The van der Waals surface area contributed by atoms with Crippen molar-refractivity contribution in [3.8, 4) is 5.75 Å². The van der Waals surface area contributed by atoms with Crippen LogP contribution in [0, 0.1) is 10.1 Å². The third-order valence-corrected chi connectivity index (χ3v) is 3.15. The van der Waals surface area contributed by atoms with E-state index in [9.17, 15) is 23.7 Å². The van der Waals surface area contributed by atoms with Crippen molar-refractivity contribution in [1.82, 2.24) is 4.98 Å². The number of carbonyl (C=O) groups is 1. The summed E-state index contributed by atoms with van der Waals surface area (Å²) in [6.07, 6.45) is 4.07. The second-order valence-electron chi connectivity index (χ2n) is 4.88. The molecule has 0 spiro atoms. The van der Waals surface area contributed by atoms with E-state index in [-0.39, 0.29) is 29.3 Å². The summed E-state index contributed by atoms with van der Waals surface area (Å²) in [6.45, 7) is -1.19. The van der Waals surface area contributed by atoms with Gasteiger partial charge >= 0.3 is 12.6 Å². The Hall–Kier alpha value is -3.36. The number of hydrogen-bond acceptors (Lipinski definition) is 6. The molecule has 0 radical (unpaired) electrons. The van der Waals surface area contributed by atoms with Crippen LogP contribution in [0.1, 0.15) is 28.5 Å². The number of nitrogens with zero attached hydrogens (tertiary/aromatic N) is 2. The van der Waals surface area contributed by atoms with Crippen molar-refractivity contribution in [3.63, 3.8) is 0 Å². The quantitative estimate of drug-likeness (QED) is 0.420. The summed E-state index contributed by atoms with van der Waals surface area (Å²) >= 11 is 0. The van der Waals surface area contributed by atoms with Crippen molar-refractivity contribution < 1.29 is 28.0 Å². The summed E-state index contributed by atoms with van der Waals surface area (Å²) in [4.78, 5) is 26.1. The lowest BCUT2D eigenvalue weighted by Crippen LogP contribution is -2.08. The van der Waals surface area contributed by atoms with Gasteiger partial charge in [-0.1, -0.05) is 18.2 Å². The summed E-state index contributed by atoms with van der Waals surface area (Å²) in [5.74, 6) is -0.721. The Morgan fingerprint density at radius 3 is 2.58 bits per heavy atom. The highest BCUT2D eigenvalue weighted by Gasteiger charge is 2.17. The van der Waals surface area contributed by atoms with Gasteiger partial charge in [0.15, 0.2) is 0 Å². The van der Waals surface area contributed by atoms with Crippen LogP contribution in [0.2, 0.25) is 0 Å². The Bertz CT molecular complexity index is 822. The minimum absolute atomic E-state index is 0.0119. The SMILES string of the molecule is CCOC(=O)c1cc([N+](=O)[O-])cnc1C=Cc1ccc(OC(F)F)cc1. The van der Waals surface area contributed by atoms with Crippen LogP contribution in [-0.4, -0.2) is 29.1 Å². The minimum atomic E-state index is -2.91. The number of ether oxygens (including phenoxy) is 2. The molecule has 1 heterocycles. The molecule has 0 N–H and O–H groups in total. The Balaban J connectivity index is 2.28. The predicted molar refractivity (Wildman–Crippen MR) is 88.8 cm³/mol. The first kappa shape index (κ1) is 19.0. The summed E-state index contributed by atoms with van der Waals surface area (Å²) in [7, 11) is 0. The molecular weight excluding hydrogens is 350 g/mol. The fourth-order valence-electron chi connectivity index (χ4n) is 2.00. The first-order chi connectivity index (χ1) is 12.4. The highest BCUT2D eigenvalue weighted by Crippen LogP contribution is 2.20. The van der Waals surface area contributed by atoms with Crippen molar-refractivity contribution in [3.05, 3.63) is 63.5 Å². The zero-order valence-corrected chi connectivity index (χ0v) is 13.6. The summed E-state index contributed by atoms with van der Waals surface area (Å²) in [5.41, 5.74) is 0.428. The second kappa shape index (κ2) is 8.65. The molecule has 0 aliphatic heterocycles. The van der Waals surface area contributed by atoms with E-state index in [0.29, 0.717) is 5.56 Å². The van der Waals surface area contributed by atoms with Crippen LogP contribution >= 0.6 is 0 Å². The van der Waals surface area contributed by atoms with E-state index >= 15 is 0 Å². The third kappa shape index (κ3) is 5.07. The van der Waals surface area contributed by atoms with E-state index < -0.39 is 17.5 Å². The molecule has 2 rings (SSSR count). The molecule has 7 nitrogen and oxygen atoms in total. The third-order valence-electron chi connectivity index (χ3n) is 3.15. The average molecular weight is 364 g/mol. The molecule has 136 valence electrons. The molecule has 0 saturated heterocycles. The normalized spacial score (nSPS) is 10.9. The van der Waals surface area contributed by atoms with Gasteiger partial charge in [-0.05, 0) is 30.7 Å². The summed E-state index contributed by atoms with van der Waals surface area (Å²) in [5, 5.41) is 10.9. The number of halogens is 2. The molecule has 0 amide bonds. The molecule has 1 aromatic heterocycles. The standard InChI is InChI=1S/C17H14F2N2O5/c1-2-25-16(22)14-9-12(21(23)24)10-20-15(14)8-5-11-3-6-13(7-4-11)26-17(18)19/h3-10,17H,2H2,1H3. The number of pyridine rings is 1. The van der Waals surface area contributed by atoms with Gasteiger partial charge in [-0.2, -0.15) is 8.78 Å². The van der Waals surface area contributed by atoms with Gasteiger partial charge in [0.2, 0.25) is 0 Å². The molecular formula is C17H14F2N2O5. The minimum Gasteiger partial charge on any atom is -0.462 e. The Kier molecular flexibility index (Phi) is 6.31. The van der Waals surface area contributed by atoms with Gasteiger partial charge in [-0.15, -0.1) is 0 Å². The van der Waals surface area contributed by atoms with E-state index in [4.69, 9.17) is 4.74 Å². The van der Waals surface area contributed by atoms with Crippen molar-refractivity contribution >= 4 is 23.8 Å². The second-order valence-corrected chi connectivity index (χ2v) is 4.88. The van der Waals surface area contributed by atoms with E-state index in [0.717, 1.165) is 12.3 Å². The molecule has 0 aliphatic rings. The lowest BCUT2D eigenvalue weighted by molar-refractivity contribution is -0.385. The van der Waals surface area contributed by atoms with Crippen molar-refractivity contribution in [2.45, 2.75) is 13.5 Å². The van der Waals surface area contributed by atoms with Gasteiger partial charge in [0.1, 0.15) is 11.9 Å². The van der Waals surface area contributed by atoms with Crippen LogP contribution < -0.4 is 4.74 Å². The molecule has 0 saturated carbocycles. The van der Waals surface area contributed by atoms with Crippen LogP contribution in [0.15, 0.2) is 36.5 Å². The van der Waals surface area contributed by atoms with Crippen LogP contribution in [0.5, 0.6) is 5.75 Å². The number of nitro groups is 1. The predicted octanol–water partition coefficient (Wildman–Crippen LogP) is 3.94. The summed E-state index contributed by atoms with van der Waals surface area (Å²) in [6, 6.07) is 6.88. The molecule has 0 aliphatic carbocycles. The highest BCUT2D eigenvalue weighted by molar-refractivity contribution is 5.94. The fourth-order valence-corrected chi connectivity index (χ4v) is 2.00. The van der Waals surface area contributed by atoms with Crippen LogP contribution in [0.25, 0.3) is 12.2 Å². The van der Waals surface area contributed by atoms with E-state index in [1.807, 2.05) is 0 Å². The molecule has 9 heteroatoms. The van der Waals surface area contributed by atoms with Crippen LogP contribution in [-0.2, 0) is 4.74 Å². The number of alkyl halides is 2. The van der Waals surface area contributed by atoms with Gasteiger partial charge in [0, 0.05) is 6.07 Å². The maximum Gasteiger partial charge on any atom is 0.387 e. The van der Waals surface area contributed by atoms with Crippen LogP contribution in [0.3, 0.4) is 0 Å². The number of carbonyl (C=O) groups excluding carboxylic acids is 1. The van der Waals surface area contributed by atoms with Gasteiger partial charge in [0.05, 0.1) is 22.8 Å². The first-order valence-electron chi connectivity index (χ1n) is 7.45. The number of esters is 1. The maximum atomic E-state index is 12.1. The Labute approximate surface area is 147 Å². The maximum absolute atomic E-state index is 12.1. The Morgan fingerprint density at radius 2 is 2.00 bits per heavy atom. The number of hydrogen-bond donors (Lipinski definition) is 0. The molecule has 0 unspecified atom stereocenters. The zero-order valence-electron chi connectivity index (χ0n) is 13.6. The molecule has 0 fully saturated rings. The Morgan fingerprint density at radius 1 is 1.31 bits per heavy atom. The zero-order chi connectivity index (χ0) is 19.1. The largest absolute Gasteiger partial charge is 0.462 e. The van der Waals surface area contributed by atoms with Gasteiger partial charge in [0.25, 0.3) is 5.69 Å². The molecule has 2 aromatic rings. The average Bonchev–Trinajstić information content (AvgIpc) is 2.60. The van der Waals surface area contributed by atoms with E-state index in [1.165, 1.54) is 30.3 Å². The van der Waals surface area contributed by atoms with Crippen molar-refractivity contribution in [2.75, 3.05) is 6.61 Å². The number of aromatic nitrogens is 1. The van der Waals surface area contributed by atoms with Crippen molar-refractivity contribution in [2.24, 2.45) is 0 Å². The number of benzene rings is 1. The van der Waals surface area contributed by atoms with Gasteiger partial charge in [-0.3, -0.25) is 10.1 Å². The molecule has 26 heavy (non-hydrogen) atoms. The molecule has 0 atom stereocenters. The number of rotatable bonds is 7. The highest BCUT2D eigenvalue weighted by atomic mass is 19.3. The van der Waals surface area contributed by atoms with E-state index in [1.54, 1.807) is 13.0 Å². The monoisotopic (exact) mass is 364 g/mol. The smallest absolute Gasteiger partial charge is 0.387 e. The first-order valence-corrected chi connectivity index (χ1v) is 7.45. The molecule has 0 bridgehead atoms. The van der Waals surface area contributed by atoms with E-state index in [2.05, 4.69) is 9.72 Å². The van der Waals surface area contributed by atoms with Crippen molar-refractivity contribution in [1.29, 1.82) is 0 Å². The lowest BCUT2D eigenvalue weighted by Gasteiger charge is -2.05. The molecule has 1 aromatic carbocycles. The fraction of sp³-hybridized carbons (Fsp3) is 0.176. The van der Waals surface area contributed by atoms with Crippen LogP contribution in [0.4, 0.5) is 14.5 Å².